The molecule has 0 amide bonds. The highest BCUT2D eigenvalue weighted by Gasteiger charge is 2.16. The molecule has 0 aliphatic carbocycles. The zero-order chi connectivity index (χ0) is 22.3. The molecule has 2 atom stereocenters. The molecule has 5 heteroatoms. The molecule has 31 heavy (non-hydrogen) atoms. The molecule has 1 aliphatic heterocycles. The molecule has 0 saturated heterocycles. The summed E-state index contributed by atoms with van der Waals surface area (Å²) in [6.45, 7) is 4.85. The Morgan fingerprint density at radius 2 is 1.65 bits per heavy atom. The first-order valence-corrected chi connectivity index (χ1v) is 12.9. The predicted molar refractivity (Wildman–Crippen MR) is 129 cm³/mol. The van der Waals surface area contributed by atoms with Crippen LogP contribution in [0, 0.1) is 0 Å². The Hall–Kier alpha value is -1.85. The van der Waals surface area contributed by atoms with Gasteiger partial charge in [-0.1, -0.05) is 82.3 Å². The van der Waals surface area contributed by atoms with Crippen molar-refractivity contribution in [3.63, 3.8) is 0 Å². The first-order valence-electron chi connectivity index (χ1n) is 11.5. The number of aliphatic hydroxyl groups excluding tert-OH is 1. The lowest BCUT2D eigenvalue weighted by atomic mass is 10.1. The Labute approximate surface area is 190 Å². The van der Waals surface area contributed by atoms with Crippen molar-refractivity contribution >= 4 is 10.8 Å². The van der Waals surface area contributed by atoms with Crippen LogP contribution in [-0.4, -0.2) is 33.7 Å². The van der Waals surface area contributed by atoms with Crippen LogP contribution in [0.5, 0.6) is 11.5 Å². The molecular weight excluding hydrogens is 408 g/mol. The van der Waals surface area contributed by atoms with Crippen LogP contribution < -0.4 is 9.47 Å². The Morgan fingerprint density at radius 1 is 0.935 bits per heavy atom. The highest BCUT2D eigenvalue weighted by molar-refractivity contribution is 7.85. The molecule has 2 aromatic carbocycles. The van der Waals surface area contributed by atoms with E-state index in [2.05, 4.69) is 13.8 Å². The fourth-order valence-electron chi connectivity index (χ4n) is 3.49. The van der Waals surface area contributed by atoms with E-state index >= 15 is 0 Å². The Balaban J connectivity index is 0.000000316. The summed E-state index contributed by atoms with van der Waals surface area (Å²) in [5, 5.41) is 8.71. The smallest absolute Gasteiger partial charge is 0.231 e. The average molecular weight is 447 g/mol. The summed E-state index contributed by atoms with van der Waals surface area (Å²) in [5.74, 6) is 2.45. The van der Waals surface area contributed by atoms with Crippen LogP contribution in [0.15, 0.2) is 48.5 Å². The van der Waals surface area contributed by atoms with Gasteiger partial charge in [0.05, 0.1) is 0 Å². The second-order valence-corrected chi connectivity index (χ2v) is 9.99. The summed E-state index contributed by atoms with van der Waals surface area (Å²) >= 11 is 0. The second kappa shape index (κ2) is 15.0. The normalized spacial score (nSPS) is 13.9. The van der Waals surface area contributed by atoms with Crippen LogP contribution >= 0.6 is 0 Å². The molecular formula is C26H38O4S. The lowest BCUT2D eigenvalue weighted by Crippen LogP contribution is -2.16. The van der Waals surface area contributed by atoms with E-state index in [1.807, 2.05) is 48.5 Å². The first kappa shape index (κ1) is 25.4. The number of hydrogen-bond donors (Lipinski definition) is 1. The molecule has 4 nitrogen and oxygen atoms in total. The van der Waals surface area contributed by atoms with Crippen molar-refractivity contribution in [1.82, 2.24) is 0 Å². The molecule has 0 fully saturated rings. The van der Waals surface area contributed by atoms with Gasteiger partial charge in [-0.15, -0.1) is 0 Å². The summed E-state index contributed by atoms with van der Waals surface area (Å²) < 4.78 is 23.0. The first-order chi connectivity index (χ1) is 15.1. The van der Waals surface area contributed by atoms with Gasteiger partial charge in [0.1, 0.15) is 0 Å². The highest BCUT2D eigenvalue weighted by Crippen LogP contribution is 2.33. The number of rotatable bonds is 12. The topological polar surface area (TPSA) is 55.8 Å². The van der Waals surface area contributed by atoms with E-state index in [9.17, 15) is 4.21 Å². The molecule has 0 spiro atoms. The third-order valence-electron chi connectivity index (χ3n) is 5.35. The second-order valence-electron chi connectivity index (χ2n) is 8.01. The number of ether oxygens (including phenoxy) is 2. The van der Waals surface area contributed by atoms with Gasteiger partial charge in [-0.25, -0.2) is 0 Å². The molecule has 0 bridgehead atoms. The van der Waals surface area contributed by atoms with Gasteiger partial charge in [0, 0.05) is 28.4 Å². The molecule has 2 aromatic rings. The van der Waals surface area contributed by atoms with Crippen LogP contribution in [-0.2, 0) is 23.6 Å². The van der Waals surface area contributed by atoms with Crippen molar-refractivity contribution in [1.29, 1.82) is 0 Å². The number of benzene rings is 2. The number of hydrogen-bond acceptors (Lipinski definition) is 4. The maximum atomic E-state index is 12.3. The fraction of sp³-hybridized carbons (Fsp3) is 0.538. The van der Waals surface area contributed by atoms with Crippen LogP contribution in [0.25, 0.3) is 0 Å². The van der Waals surface area contributed by atoms with Gasteiger partial charge in [-0.3, -0.25) is 4.21 Å². The summed E-state index contributed by atoms with van der Waals surface area (Å²) in [5.41, 5.74) is 2.37. The van der Waals surface area contributed by atoms with Gasteiger partial charge in [0.2, 0.25) is 6.79 Å². The van der Waals surface area contributed by atoms with E-state index in [-0.39, 0.29) is 11.9 Å². The molecule has 1 N–H and O–H groups in total. The van der Waals surface area contributed by atoms with Gasteiger partial charge in [-0.2, -0.15) is 0 Å². The largest absolute Gasteiger partial charge is 0.454 e. The number of fused-ring (bicyclic) bond motifs is 1. The summed E-state index contributed by atoms with van der Waals surface area (Å²) in [6.07, 6.45) is 9.09. The van der Waals surface area contributed by atoms with Crippen molar-refractivity contribution in [2.24, 2.45) is 0 Å². The van der Waals surface area contributed by atoms with Gasteiger partial charge >= 0.3 is 0 Å². The van der Waals surface area contributed by atoms with Crippen molar-refractivity contribution in [2.45, 2.75) is 70.5 Å². The van der Waals surface area contributed by atoms with Gasteiger partial charge in [0.15, 0.2) is 11.5 Å². The van der Waals surface area contributed by atoms with E-state index < -0.39 is 10.8 Å². The van der Waals surface area contributed by atoms with Crippen LogP contribution in [0.4, 0.5) is 0 Å². The number of aliphatic hydroxyl groups is 1. The Bertz CT molecular complexity index is 763. The number of unbranched alkanes of at least 4 members (excludes halogenated alkanes) is 5. The molecule has 0 saturated carbocycles. The molecule has 1 heterocycles. The van der Waals surface area contributed by atoms with Crippen molar-refractivity contribution in [2.75, 3.05) is 19.2 Å². The third kappa shape index (κ3) is 9.88. The fourth-order valence-corrected chi connectivity index (χ4v) is 4.76. The SMILES string of the molecule is CCCCCCCCS(=O)C(C)Cc1ccc2c(c1)OCO2.OCCc1ccccc1. The monoisotopic (exact) mass is 446 g/mol. The van der Waals surface area contributed by atoms with Crippen molar-refractivity contribution in [3.8, 4) is 11.5 Å². The molecule has 1 aliphatic rings. The van der Waals surface area contributed by atoms with E-state index in [1.54, 1.807) is 0 Å². The zero-order valence-corrected chi connectivity index (χ0v) is 19.9. The summed E-state index contributed by atoms with van der Waals surface area (Å²) in [6, 6.07) is 16.0. The van der Waals surface area contributed by atoms with Gasteiger partial charge < -0.3 is 14.6 Å². The van der Waals surface area contributed by atoms with Gasteiger partial charge in [-0.05, 0) is 42.5 Å². The van der Waals surface area contributed by atoms with Crippen molar-refractivity contribution in [3.05, 3.63) is 59.7 Å². The lowest BCUT2D eigenvalue weighted by molar-refractivity contribution is 0.174. The van der Waals surface area contributed by atoms with Crippen LogP contribution in [0.1, 0.15) is 63.5 Å². The van der Waals surface area contributed by atoms with E-state index in [1.165, 1.54) is 43.2 Å². The molecule has 172 valence electrons. The van der Waals surface area contributed by atoms with E-state index in [0.717, 1.165) is 36.5 Å². The molecule has 0 radical (unpaired) electrons. The Kier molecular flexibility index (Phi) is 12.3. The lowest BCUT2D eigenvalue weighted by Gasteiger charge is -2.12. The molecule has 0 aromatic heterocycles. The van der Waals surface area contributed by atoms with E-state index in [4.69, 9.17) is 14.6 Å². The standard InChI is InChI=1S/C18H28O3S.C8H10O/c1-3-4-5-6-7-8-11-22(19)15(2)12-16-9-10-17-18(13-16)21-14-20-17;9-7-6-8-4-2-1-3-5-8/h9-10,13,15H,3-8,11-12,14H2,1-2H3;1-5,9H,6-7H2. The zero-order valence-electron chi connectivity index (χ0n) is 19.1. The minimum Gasteiger partial charge on any atom is -0.454 e. The van der Waals surface area contributed by atoms with Crippen LogP contribution in [0.3, 0.4) is 0 Å². The highest BCUT2D eigenvalue weighted by atomic mass is 32.2. The average Bonchev–Trinajstić information content (AvgIpc) is 3.25. The predicted octanol–water partition coefficient (Wildman–Crippen LogP) is 5.68. The third-order valence-corrected chi connectivity index (χ3v) is 7.11. The van der Waals surface area contributed by atoms with E-state index in [0.29, 0.717) is 6.79 Å². The summed E-state index contributed by atoms with van der Waals surface area (Å²) in [4.78, 5) is 0. The van der Waals surface area contributed by atoms with Crippen molar-refractivity contribution < 1.29 is 18.8 Å². The minimum atomic E-state index is -0.743. The van der Waals surface area contributed by atoms with Crippen LogP contribution in [0.2, 0.25) is 0 Å². The molecule has 3 rings (SSSR count). The minimum absolute atomic E-state index is 0.191. The summed E-state index contributed by atoms with van der Waals surface area (Å²) in [7, 11) is -0.743. The maximum absolute atomic E-state index is 12.3. The quantitative estimate of drug-likeness (QED) is 0.426. The Morgan fingerprint density at radius 3 is 2.39 bits per heavy atom. The van der Waals surface area contributed by atoms with Gasteiger partial charge in [0.25, 0.3) is 0 Å². The molecule has 2 unspecified atom stereocenters. The maximum Gasteiger partial charge on any atom is 0.231 e.